The van der Waals surface area contributed by atoms with Gasteiger partial charge in [-0.15, -0.1) is 0 Å². The molecule has 1 aromatic carbocycles. The van der Waals surface area contributed by atoms with E-state index in [1.165, 1.54) is 0 Å². The van der Waals surface area contributed by atoms with Crippen LogP contribution in [0.1, 0.15) is 5.82 Å². The van der Waals surface area contributed by atoms with Gasteiger partial charge < -0.3 is 5.73 Å². The second-order valence-corrected chi connectivity index (χ2v) is 3.97. The molecule has 0 amide bonds. The predicted octanol–water partition coefficient (Wildman–Crippen LogP) is 1.32. The van der Waals surface area contributed by atoms with Crippen LogP contribution in [0.15, 0.2) is 43.0 Å². The first kappa shape index (κ1) is 10.9. The number of hydrogen-bond acceptors (Lipinski definition) is 4. The van der Waals surface area contributed by atoms with Crippen molar-refractivity contribution in [1.82, 2.24) is 19.5 Å². The summed E-state index contributed by atoms with van der Waals surface area (Å²) in [6, 6.07) is 7.93. The Kier molecular flexibility index (Phi) is 2.74. The van der Waals surface area contributed by atoms with Crippen LogP contribution in [0.5, 0.6) is 0 Å². The number of rotatable bonds is 3. The maximum absolute atomic E-state index is 5.59. The molecular weight excluding hydrogens is 226 g/mol. The average molecular weight is 239 g/mol. The Morgan fingerprint density at radius 3 is 2.89 bits per heavy atom. The zero-order valence-corrected chi connectivity index (χ0v) is 9.82. The fourth-order valence-corrected chi connectivity index (χ4v) is 2.02. The topological polar surface area (TPSA) is 69.6 Å². The fourth-order valence-electron chi connectivity index (χ4n) is 2.02. The van der Waals surface area contributed by atoms with E-state index in [4.69, 9.17) is 5.73 Å². The third kappa shape index (κ3) is 1.74. The molecule has 2 N–H and O–H groups in total. The van der Waals surface area contributed by atoms with Crippen LogP contribution in [0.3, 0.4) is 0 Å². The highest BCUT2D eigenvalue weighted by Gasteiger charge is 2.09. The second-order valence-electron chi connectivity index (χ2n) is 3.97. The van der Waals surface area contributed by atoms with Crippen molar-refractivity contribution in [3.05, 3.63) is 48.8 Å². The van der Waals surface area contributed by atoms with Crippen LogP contribution in [0.25, 0.3) is 16.7 Å². The number of nitrogens with two attached hydrogens (primary N) is 1. The van der Waals surface area contributed by atoms with Crippen molar-refractivity contribution in [2.24, 2.45) is 5.73 Å². The molecule has 0 aliphatic rings. The van der Waals surface area contributed by atoms with Crippen LogP contribution in [-0.4, -0.2) is 26.1 Å². The number of imidazole rings is 1. The normalized spacial score (nSPS) is 10.9. The highest BCUT2D eigenvalue weighted by Crippen LogP contribution is 2.19. The Labute approximate surface area is 104 Å². The van der Waals surface area contributed by atoms with Crippen molar-refractivity contribution in [3.63, 3.8) is 0 Å². The lowest BCUT2D eigenvalue weighted by atomic mass is 10.2. The number of hydrogen-bond donors (Lipinski definition) is 1. The highest BCUT2D eigenvalue weighted by molar-refractivity contribution is 5.84. The molecule has 0 aliphatic heterocycles. The number of nitrogens with zero attached hydrogens (tertiary/aromatic N) is 4. The van der Waals surface area contributed by atoms with Gasteiger partial charge in [0.2, 0.25) is 0 Å². The molecule has 0 saturated heterocycles. The van der Waals surface area contributed by atoms with Crippen LogP contribution >= 0.6 is 0 Å². The van der Waals surface area contributed by atoms with E-state index < -0.39 is 0 Å². The molecule has 3 rings (SSSR count). The maximum Gasteiger partial charge on any atom is 0.149 e. The minimum atomic E-state index is 0.569. The van der Waals surface area contributed by atoms with E-state index in [2.05, 4.69) is 15.0 Å². The maximum atomic E-state index is 5.59. The molecule has 2 heterocycles. The number of aromatic nitrogens is 4. The number of fused-ring (bicyclic) bond motifs is 1. The average Bonchev–Trinajstić information content (AvgIpc) is 2.87. The van der Waals surface area contributed by atoms with Gasteiger partial charge in [0, 0.05) is 24.2 Å². The Morgan fingerprint density at radius 2 is 2.00 bits per heavy atom. The van der Waals surface area contributed by atoms with Crippen molar-refractivity contribution in [3.8, 4) is 5.82 Å². The van der Waals surface area contributed by atoms with Crippen LogP contribution in [-0.2, 0) is 6.42 Å². The summed E-state index contributed by atoms with van der Waals surface area (Å²) in [5, 5.41) is 1.01. The third-order valence-electron chi connectivity index (χ3n) is 2.84. The monoisotopic (exact) mass is 239 g/mol. The van der Waals surface area contributed by atoms with E-state index >= 15 is 0 Å². The van der Waals surface area contributed by atoms with Gasteiger partial charge in [0.25, 0.3) is 0 Å². The summed E-state index contributed by atoms with van der Waals surface area (Å²) in [4.78, 5) is 12.9. The smallest absolute Gasteiger partial charge is 0.149 e. The Bertz CT molecular complexity index is 668. The van der Waals surface area contributed by atoms with E-state index in [1.807, 2.05) is 35.0 Å². The second kappa shape index (κ2) is 4.54. The molecular formula is C13H13N5. The molecule has 0 spiro atoms. The van der Waals surface area contributed by atoms with Gasteiger partial charge in [0.05, 0.1) is 5.52 Å². The van der Waals surface area contributed by atoms with Gasteiger partial charge in [-0.05, 0) is 18.7 Å². The molecule has 0 saturated carbocycles. The molecule has 5 heteroatoms. The van der Waals surface area contributed by atoms with Crippen LogP contribution in [0.4, 0.5) is 0 Å². The Morgan fingerprint density at radius 1 is 1.11 bits per heavy atom. The third-order valence-corrected chi connectivity index (χ3v) is 2.84. The Balaban J connectivity index is 2.22. The van der Waals surface area contributed by atoms with E-state index in [0.717, 1.165) is 29.0 Å². The zero-order valence-electron chi connectivity index (χ0n) is 9.82. The molecule has 3 aromatic rings. The van der Waals surface area contributed by atoms with E-state index in [1.54, 1.807) is 12.5 Å². The SMILES string of the molecule is NCCc1nccn1-c1ncnc2ccccc12. The van der Waals surface area contributed by atoms with Gasteiger partial charge in [-0.1, -0.05) is 12.1 Å². The summed E-state index contributed by atoms with van der Waals surface area (Å²) in [7, 11) is 0. The van der Waals surface area contributed by atoms with Crippen LogP contribution < -0.4 is 5.73 Å². The predicted molar refractivity (Wildman–Crippen MR) is 69.4 cm³/mol. The first-order chi connectivity index (χ1) is 8.90. The van der Waals surface area contributed by atoms with Gasteiger partial charge in [0.1, 0.15) is 18.0 Å². The quantitative estimate of drug-likeness (QED) is 0.748. The first-order valence-electron chi connectivity index (χ1n) is 5.82. The van der Waals surface area contributed by atoms with Gasteiger partial charge >= 0.3 is 0 Å². The summed E-state index contributed by atoms with van der Waals surface area (Å²) in [5.41, 5.74) is 6.52. The van der Waals surface area contributed by atoms with Gasteiger partial charge in [0.15, 0.2) is 0 Å². The van der Waals surface area contributed by atoms with Crippen molar-refractivity contribution < 1.29 is 0 Å². The lowest BCUT2D eigenvalue weighted by Crippen LogP contribution is -2.10. The minimum Gasteiger partial charge on any atom is -0.330 e. The van der Waals surface area contributed by atoms with Crippen molar-refractivity contribution in [2.75, 3.05) is 6.54 Å². The lowest BCUT2D eigenvalue weighted by molar-refractivity contribution is 0.825. The molecule has 0 aliphatic carbocycles. The standard InChI is InChI=1S/C13H13N5/c14-6-5-12-15-7-8-18(12)13-10-3-1-2-4-11(10)16-9-17-13/h1-4,7-9H,5-6,14H2. The van der Waals surface area contributed by atoms with Crippen molar-refractivity contribution in [1.29, 1.82) is 0 Å². The molecule has 90 valence electrons. The minimum absolute atomic E-state index is 0.569. The summed E-state index contributed by atoms with van der Waals surface area (Å²) in [6.07, 6.45) is 5.97. The largest absolute Gasteiger partial charge is 0.330 e. The molecule has 18 heavy (non-hydrogen) atoms. The molecule has 0 unspecified atom stereocenters. The van der Waals surface area contributed by atoms with Crippen molar-refractivity contribution >= 4 is 10.9 Å². The summed E-state index contributed by atoms with van der Waals surface area (Å²) < 4.78 is 1.97. The van der Waals surface area contributed by atoms with Gasteiger partial charge in [-0.3, -0.25) is 4.57 Å². The van der Waals surface area contributed by atoms with Crippen LogP contribution in [0, 0.1) is 0 Å². The number of para-hydroxylation sites is 1. The fraction of sp³-hybridized carbons (Fsp3) is 0.154. The molecule has 0 atom stereocenters. The van der Waals surface area contributed by atoms with Crippen LogP contribution in [0.2, 0.25) is 0 Å². The van der Waals surface area contributed by atoms with Crippen molar-refractivity contribution in [2.45, 2.75) is 6.42 Å². The van der Waals surface area contributed by atoms with E-state index in [-0.39, 0.29) is 0 Å². The molecule has 0 radical (unpaired) electrons. The van der Waals surface area contributed by atoms with Gasteiger partial charge in [-0.2, -0.15) is 0 Å². The molecule has 0 fully saturated rings. The molecule has 2 aromatic heterocycles. The summed E-state index contributed by atoms with van der Waals surface area (Å²) in [5.74, 6) is 1.77. The van der Waals surface area contributed by atoms with E-state index in [0.29, 0.717) is 6.54 Å². The zero-order chi connectivity index (χ0) is 12.4. The highest BCUT2D eigenvalue weighted by atomic mass is 15.1. The Hall–Kier alpha value is -2.27. The van der Waals surface area contributed by atoms with Gasteiger partial charge in [-0.25, -0.2) is 15.0 Å². The lowest BCUT2D eigenvalue weighted by Gasteiger charge is -2.08. The van der Waals surface area contributed by atoms with E-state index in [9.17, 15) is 0 Å². The summed E-state index contributed by atoms with van der Waals surface area (Å²) in [6.45, 7) is 0.569. The first-order valence-corrected chi connectivity index (χ1v) is 5.82. The molecule has 5 nitrogen and oxygen atoms in total. The summed E-state index contributed by atoms with van der Waals surface area (Å²) >= 11 is 0. The number of benzene rings is 1. The molecule has 0 bridgehead atoms.